The molecular weight excluding hydrogens is 260 g/mol. The fraction of sp³-hybridized carbons (Fsp3) is 0.500. The molecule has 1 aliphatic rings. The number of hydrogen-bond acceptors (Lipinski definition) is 2. The molecule has 3 nitrogen and oxygen atoms in total. The van der Waals surface area contributed by atoms with Crippen molar-refractivity contribution in [1.82, 2.24) is 9.55 Å². The van der Waals surface area contributed by atoms with Gasteiger partial charge in [-0.3, -0.25) is 0 Å². The molecule has 0 bridgehead atoms. The average molecular weight is 284 g/mol. The SMILES string of the molecule is COC1CCC(n2ccnc2-c2cc(C)cc(C)c2)CC1. The molecule has 1 fully saturated rings. The maximum absolute atomic E-state index is 5.48. The molecule has 2 aromatic rings. The Morgan fingerprint density at radius 2 is 1.71 bits per heavy atom. The lowest BCUT2D eigenvalue weighted by Gasteiger charge is -2.29. The number of rotatable bonds is 3. The summed E-state index contributed by atoms with van der Waals surface area (Å²) in [5.74, 6) is 1.10. The molecule has 0 unspecified atom stereocenters. The highest BCUT2D eigenvalue weighted by atomic mass is 16.5. The van der Waals surface area contributed by atoms with Crippen LogP contribution < -0.4 is 0 Å². The van der Waals surface area contributed by atoms with Crippen molar-refractivity contribution in [2.45, 2.75) is 51.7 Å². The van der Waals surface area contributed by atoms with Crippen LogP contribution in [0, 0.1) is 13.8 Å². The first-order chi connectivity index (χ1) is 10.2. The van der Waals surface area contributed by atoms with Crippen LogP contribution in [-0.2, 0) is 4.74 Å². The minimum absolute atomic E-state index is 0.439. The highest BCUT2D eigenvalue weighted by Crippen LogP contribution is 2.33. The molecule has 0 radical (unpaired) electrons. The van der Waals surface area contributed by atoms with E-state index in [1.807, 2.05) is 13.3 Å². The molecule has 1 aromatic heterocycles. The van der Waals surface area contributed by atoms with Crippen molar-refractivity contribution >= 4 is 0 Å². The number of aryl methyl sites for hydroxylation is 2. The van der Waals surface area contributed by atoms with Crippen LogP contribution in [0.15, 0.2) is 30.6 Å². The van der Waals surface area contributed by atoms with Gasteiger partial charge in [-0.05, 0) is 51.7 Å². The number of benzene rings is 1. The van der Waals surface area contributed by atoms with Crippen molar-refractivity contribution in [1.29, 1.82) is 0 Å². The van der Waals surface area contributed by atoms with Gasteiger partial charge in [-0.1, -0.05) is 17.2 Å². The summed E-state index contributed by atoms with van der Waals surface area (Å²) in [7, 11) is 1.82. The maximum Gasteiger partial charge on any atom is 0.140 e. The quantitative estimate of drug-likeness (QED) is 0.840. The molecule has 1 heterocycles. The summed E-state index contributed by atoms with van der Waals surface area (Å²) in [6, 6.07) is 7.22. The van der Waals surface area contributed by atoms with Crippen LogP contribution in [0.1, 0.15) is 42.9 Å². The molecule has 0 N–H and O–H groups in total. The molecule has 0 spiro atoms. The summed E-state index contributed by atoms with van der Waals surface area (Å²) < 4.78 is 7.84. The van der Waals surface area contributed by atoms with Gasteiger partial charge in [0.25, 0.3) is 0 Å². The predicted molar refractivity (Wildman–Crippen MR) is 85.4 cm³/mol. The van der Waals surface area contributed by atoms with Crippen LogP contribution in [-0.4, -0.2) is 22.8 Å². The van der Waals surface area contributed by atoms with E-state index in [9.17, 15) is 0 Å². The zero-order chi connectivity index (χ0) is 14.8. The second kappa shape index (κ2) is 6.02. The van der Waals surface area contributed by atoms with Crippen LogP contribution in [0.2, 0.25) is 0 Å². The Bertz CT molecular complexity index is 589. The fourth-order valence-corrected chi connectivity index (χ4v) is 3.49. The molecule has 1 aromatic carbocycles. The zero-order valence-corrected chi connectivity index (χ0v) is 13.2. The Morgan fingerprint density at radius 1 is 1.05 bits per heavy atom. The normalized spacial score (nSPS) is 22.4. The molecule has 1 saturated carbocycles. The lowest BCUT2D eigenvalue weighted by Crippen LogP contribution is -2.22. The largest absolute Gasteiger partial charge is 0.381 e. The summed E-state index contributed by atoms with van der Waals surface area (Å²) in [4.78, 5) is 4.61. The molecule has 0 aliphatic heterocycles. The molecule has 112 valence electrons. The summed E-state index contributed by atoms with van der Waals surface area (Å²) in [5.41, 5.74) is 3.82. The number of methoxy groups -OCH3 is 1. The topological polar surface area (TPSA) is 27.1 Å². The van der Waals surface area contributed by atoms with Crippen molar-refractivity contribution in [2.24, 2.45) is 0 Å². The van der Waals surface area contributed by atoms with Gasteiger partial charge in [0.15, 0.2) is 0 Å². The second-order valence-corrected chi connectivity index (χ2v) is 6.20. The van der Waals surface area contributed by atoms with E-state index in [4.69, 9.17) is 4.74 Å². The van der Waals surface area contributed by atoms with Gasteiger partial charge >= 0.3 is 0 Å². The minimum Gasteiger partial charge on any atom is -0.381 e. The third-order valence-corrected chi connectivity index (χ3v) is 4.52. The number of hydrogen-bond donors (Lipinski definition) is 0. The van der Waals surface area contributed by atoms with Crippen LogP contribution in [0.5, 0.6) is 0 Å². The highest BCUT2D eigenvalue weighted by molar-refractivity contribution is 5.58. The Labute approximate surface area is 127 Å². The standard InChI is InChI=1S/C18H24N2O/c1-13-10-14(2)12-15(11-13)18-19-8-9-20(18)16-4-6-17(21-3)7-5-16/h8-12,16-17H,4-7H2,1-3H3. The Morgan fingerprint density at radius 3 is 2.33 bits per heavy atom. The van der Waals surface area contributed by atoms with E-state index >= 15 is 0 Å². The summed E-state index contributed by atoms with van der Waals surface area (Å²) in [6.45, 7) is 4.29. The van der Waals surface area contributed by atoms with Crippen molar-refractivity contribution in [3.05, 3.63) is 41.7 Å². The summed E-state index contributed by atoms with van der Waals surface area (Å²) in [5, 5.41) is 0. The van der Waals surface area contributed by atoms with Crippen molar-refractivity contribution in [3.63, 3.8) is 0 Å². The molecule has 3 heteroatoms. The monoisotopic (exact) mass is 284 g/mol. The Hall–Kier alpha value is -1.61. The van der Waals surface area contributed by atoms with Crippen LogP contribution in [0.25, 0.3) is 11.4 Å². The van der Waals surface area contributed by atoms with E-state index in [2.05, 4.69) is 47.8 Å². The summed E-state index contributed by atoms with van der Waals surface area (Å²) in [6.07, 6.45) is 9.13. The Kier molecular flexibility index (Phi) is 4.11. The first-order valence-electron chi connectivity index (χ1n) is 7.81. The highest BCUT2D eigenvalue weighted by Gasteiger charge is 2.23. The number of aromatic nitrogens is 2. The molecule has 0 amide bonds. The third-order valence-electron chi connectivity index (χ3n) is 4.52. The van der Waals surface area contributed by atoms with Gasteiger partial charge in [0.1, 0.15) is 5.82 Å². The number of nitrogens with zero attached hydrogens (tertiary/aromatic N) is 2. The van der Waals surface area contributed by atoms with Crippen LogP contribution in [0.3, 0.4) is 0 Å². The summed E-state index contributed by atoms with van der Waals surface area (Å²) >= 11 is 0. The molecule has 21 heavy (non-hydrogen) atoms. The molecule has 1 aliphatic carbocycles. The van der Waals surface area contributed by atoms with E-state index < -0.39 is 0 Å². The van der Waals surface area contributed by atoms with Gasteiger partial charge in [0.05, 0.1) is 6.10 Å². The van der Waals surface area contributed by atoms with Gasteiger partial charge in [-0.15, -0.1) is 0 Å². The zero-order valence-electron chi connectivity index (χ0n) is 13.2. The Balaban J connectivity index is 1.87. The van der Waals surface area contributed by atoms with E-state index in [0.717, 1.165) is 18.7 Å². The van der Waals surface area contributed by atoms with E-state index in [0.29, 0.717) is 12.1 Å². The van der Waals surface area contributed by atoms with E-state index in [1.165, 1.54) is 29.5 Å². The lowest BCUT2D eigenvalue weighted by atomic mass is 9.92. The van der Waals surface area contributed by atoms with Gasteiger partial charge in [0.2, 0.25) is 0 Å². The lowest BCUT2D eigenvalue weighted by molar-refractivity contribution is 0.0586. The van der Waals surface area contributed by atoms with Crippen LogP contribution in [0.4, 0.5) is 0 Å². The average Bonchev–Trinajstić information content (AvgIpc) is 2.96. The van der Waals surface area contributed by atoms with Crippen molar-refractivity contribution in [2.75, 3.05) is 7.11 Å². The van der Waals surface area contributed by atoms with E-state index in [1.54, 1.807) is 0 Å². The van der Waals surface area contributed by atoms with Crippen LogP contribution >= 0.6 is 0 Å². The fourth-order valence-electron chi connectivity index (χ4n) is 3.49. The number of imidazole rings is 1. The first kappa shape index (κ1) is 14.3. The smallest absolute Gasteiger partial charge is 0.140 e. The molecule has 3 rings (SSSR count). The second-order valence-electron chi connectivity index (χ2n) is 6.20. The van der Waals surface area contributed by atoms with Crippen molar-refractivity contribution in [3.8, 4) is 11.4 Å². The molecule has 0 saturated heterocycles. The van der Waals surface area contributed by atoms with Gasteiger partial charge in [0, 0.05) is 31.1 Å². The van der Waals surface area contributed by atoms with Gasteiger partial charge in [-0.25, -0.2) is 4.98 Å². The minimum atomic E-state index is 0.439. The van der Waals surface area contributed by atoms with Crippen molar-refractivity contribution < 1.29 is 4.74 Å². The maximum atomic E-state index is 5.48. The first-order valence-corrected chi connectivity index (χ1v) is 7.81. The third kappa shape index (κ3) is 3.03. The molecular formula is C18H24N2O. The molecule has 0 atom stereocenters. The number of ether oxygens (including phenoxy) is 1. The van der Waals surface area contributed by atoms with Gasteiger partial charge in [-0.2, -0.15) is 0 Å². The van der Waals surface area contributed by atoms with Gasteiger partial charge < -0.3 is 9.30 Å². The van der Waals surface area contributed by atoms with E-state index in [-0.39, 0.29) is 0 Å². The predicted octanol–water partition coefficient (Wildman–Crippen LogP) is 4.30.